The van der Waals surface area contributed by atoms with Gasteiger partial charge in [0.05, 0.1) is 11.8 Å². The van der Waals surface area contributed by atoms with Gasteiger partial charge in [-0.15, -0.1) is 0 Å². The average molecular weight is 464 g/mol. The van der Waals surface area contributed by atoms with Gasteiger partial charge in [-0.2, -0.15) is 5.10 Å². The molecule has 4 rings (SSSR count). The van der Waals surface area contributed by atoms with Gasteiger partial charge in [0.25, 0.3) is 0 Å². The zero-order chi connectivity index (χ0) is 24.3. The van der Waals surface area contributed by atoms with Crippen LogP contribution in [0.5, 0.6) is 0 Å². The fraction of sp³-hybridized carbons (Fsp3) is 0.619. The summed E-state index contributed by atoms with van der Waals surface area (Å²) in [6, 6.07) is 3.29. The highest BCUT2D eigenvalue weighted by Gasteiger charge is 2.82. The second kappa shape index (κ2) is 7.54. The molecular weight excluding hydrogens is 436 g/mol. The van der Waals surface area contributed by atoms with E-state index in [1.807, 2.05) is 0 Å². The molecule has 2 aromatic rings. The second-order valence-electron chi connectivity index (χ2n) is 9.64. The smallest absolute Gasteiger partial charge is 0.444 e. The molecular formula is C21H28N4O8. The highest BCUT2D eigenvalue weighted by molar-refractivity contribution is 5.89. The summed E-state index contributed by atoms with van der Waals surface area (Å²) in [5.74, 6) is 0.197. The third-order valence-electron chi connectivity index (χ3n) is 5.54. The maximum absolute atomic E-state index is 12.2. The predicted molar refractivity (Wildman–Crippen MR) is 113 cm³/mol. The van der Waals surface area contributed by atoms with Crippen LogP contribution in [0, 0.1) is 0 Å². The van der Waals surface area contributed by atoms with Crippen molar-refractivity contribution >= 4 is 23.6 Å². The zero-order valence-corrected chi connectivity index (χ0v) is 19.2. The van der Waals surface area contributed by atoms with Crippen LogP contribution >= 0.6 is 0 Å². The Labute approximate surface area is 189 Å². The number of aromatic nitrogens is 3. The number of carbonyl (C=O) groups is 2. The molecule has 1 unspecified atom stereocenters. The van der Waals surface area contributed by atoms with Gasteiger partial charge in [-0.1, -0.05) is 0 Å². The predicted octanol–water partition coefficient (Wildman–Crippen LogP) is 1.73. The topological polar surface area (TPSA) is 154 Å². The minimum Gasteiger partial charge on any atom is -0.444 e. The molecule has 0 spiro atoms. The Bertz CT molecular complexity index is 1100. The molecule has 1 amide bonds. The highest BCUT2D eigenvalue weighted by Crippen LogP contribution is 2.59. The molecule has 0 bridgehead atoms. The summed E-state index contributed by atoms with van der Waals surface area (Å²) in [5.41, 5.74) is -3.03. The van der Waals surface area contributed by atoms with E-state index in [2.05, 4.69) is 15.4 Å². The van der Waals surface area contributed by atoms with Crippen molar-refractivity contribution in [2.24, 2.45) is 0 Å². The van der Waals surface area contributed by atoms with Gasteiger partial charge in [-0.3, -0.25) is 5.32 Å². The number of hydrogen-bond acceptors (Lipinski definition) is 10. The van der Waals surface area contributed by atoms with E-state index in [9.17, 15) is 19.8 Å². The van der Waals surface area contributed by atoms with Crippen molar-refractivity contribution in [1.82, 2.24) is 14.6 Å². The SMILES string of the molecule is CC(C)OC(=O)OC1[C@H]2O[C@@](C)(c3ccc4c(NC(=O)OC(C)(C)C)ncnn34)[C@H](O)[C@@]12O. The van der Waals surface area contributed by atoms with Crippen molar-refractivity contribution < 1.29 is 38.7 Å². The first kappa shape index (κ1) is 23.2. The maximum atomic E-state index is 12.2. The van der Waals surface area contributed by atoms with E-state index < -0.39 is 53.5 Å². The molecule has 12 nitrogen and oxygen atoms in total. The standard InChI is InChI=1S/C21H28N4O8/c1-10(2)30-18(28)31-13-14-21(13,29)16(26)20(6,32-14)12-8-7-11-15(22-9-23-25(11)12)24-17(27)33-19(3,4)5/h7-10,13-14,16,26,29H,1-6H3,(H,22,23,24,27)/t13?,14-,16+,20+,21-/m1/s1. The third kappa shape index (κ3) is 3.87. The van der Waals surface area contributed by atoms with Crippen LogP contribution in [-0.4, -0.2) is 72.7 Å². The van der Waals surface area contributed by atoms with E-state index in [1.165, 1.54) is 10.8 Å². The van der Waals surface area contributed by atoms with Crippen LogP contribution in [0.4, 0.5) is 15.4 Å². The number of nitrogens with zero attached hydrogens (tertiary/aromatic N) is 3. The lowest BCUT2D eigenvalue weighted by Gasteiger charge is -2.32. The molecule has 1 aliphatic heterocycles. The summed E-state index contributed by atoms with van der Waals surface area (Å²) in [4.78, 5) is 28.1. The van der Waals surface area contributed by atoms with Crippen LogP contribution in [0.25, 0.3) is 5.52 Å². The van der Waals surface area contributed by atoms with Crippen molar-refractivity contribution in [1.29, 1.82) is 0 Å². The monoisotopic (exact) mass is 464 g/mol. The summed E-state index contributed by atoms with van der Waals surface area (Å²) in [5, 5.41) is 28.7. The Balaban J connectivity index is 1.56. The molecule has 1 aliphatic carbocycles. The number of anilines is 1. The number of aliphatic hydroxyl groups excluding tert-OH is 1. The maximum Gasteiger partial charge on any atom is 0.509 e. The first-order chi connectivity index (χ1) is 15.3. The van der Waals surface area contributed by atoms with Crippen LogP contribution in [0.2, 0.25) is 0 Å². The lowest BCUT2D eigenvalue weighted by Crippen LogP contribution is -2.46. The molecule has 1 saturated carbocycles. The van der Waals surface area contributed by atoms with Gasteiger partial charge in [0, 0.05) is 0 Å². The Kier molecular flexibility index (Phi) is 5.30. The van der Waals surface area contributed by atoms with Gasteiger partial charge < -0.3 is 29.2 Å². The molecule has 5 atom stereocenters. The number of amides is 1. The Morgan fingerprint density at radius 1 is 1.30 bits per heavy atom. The van der Waals surface area contributed by atoms with E-state index in [0.29, 0.717) is 11.2 Å². The number of carbonyl (C=O) groups excluding carboxylic acids is 2. The lowest BCUT2D eigenvalue weighted by atomic mass is 9.91. The fourth-order valence-corrected chi connectivity index (χ4v) is 4.05. The highest BCUT2D eigenvalue weighted by atomic mass is 16.8. The van der Waals surface area contributed by atoms with Crippen molar-refractivity contribution in [3.63, 3.8) is 0 Å². The number of hydrogen-bond donors (Lipinski definition) is 3. The summed E-state index contributed by atoms with van der Waals surface area (Å²) in [6.07, 6.45) is -4.23. The van der Waals surface area contributed by atoms with Crippen LogP contribution in [-0.2, 0) is 24.5 Å². The van der Waals surface area contributed by atoms with Crippen molar-refractivity contribution in [2.45, 2.75) is 82.8 Å². The number of ether oxygens (including phenoxy) is 4. The van der Waals surface area contributed by atoms with Crippen LogP contribution in [0.15, 0.2) is 18.5 Å². The average Bonchev–Trinajstić information content (AvgIpc) is 2.99. The largest absolute Gasteiger partial charge is 0.509 e. The number of rotatable bonds is 4. The second-order valence-corrected chi connectivity index (χ2v) is 9.64. The van der Waals surface area contributed by atoms with E-state index in [1.54, 1.807) is 53.7 Å². The molecule has 2 fully saturated rings. The number of aliphatic hydroxyl groups is 2. The van der Waals surface area contributed by atoms with Crippen LogP contribution in [0.3, 0.4) is 0 Å². The van der Waals surface area contributed by atoms with E-state index >= 15 is 0 Å². The fourth-order valence-electron chi connectivity index (χ4n) is 4.05. The molecule has 3 heterocycles. The molecule has 12 heteroatoms. The minimum atomic E-state index is -1.79. The van der Waals surface area contributed by atoms with Gasteiger partial charge in [0.1, 0.15) is 35.3 Å². The van der Waals surface area contributed by atoms with Crippen molar-refractivity contribution in [3.05, 3.63) is 24.2 Å². The third-order valence-corrected chi connectivity index (χ3v) is 5.54. The number of nitrogens with one attached hydrogen (secondary N) is 1. The molecule has 3 N–H and O–H groups in total. The lowest BCUT2D eigenvalue weighted by molar-refractivity contribution is -0.133. The minimum absolute atomic E-state index is 0.197. The Hall–Kier alpha value is -2.96. The summed E-state index contributed by atoms with van der Waals surface area (Å²) in [7, 11) is 0. The number of fused-ring (bicyclic) bond motifs is 2. The van der Waals surface area contributed by atoms with Crippen LogP contribution < -0.4 is 5.32 Å². The van der Waals surface area contributed by atoms with Gasteiger partial charge in [0.2, 0.25) is 0 Å². The summed E-state index contributed by atoms with van der Waals surface area (Å²) < 4.78 is 22.7. The normalized spacial score (nSPS) is 30.8. The Morgan fingerprint density at radius 3 is 2.58 bits per heavy atom. The molecule has 2 aromatic heterocycles. The van der Waals surface area contributed by atoms with Crippen LogP contribution in [0.1, 0.15) is 47.2 Å². The van der Waals surface area contributed by atoms with E-state index in [-0.39, 0.29) is 5.82 Å². The first-order valence-corrected chi connectivity index (χ1v) is 10.6. The van der Waals surface area contributed by atoms with E-state index in [4.69, 9.17) is 18.9 Å². The zero-order valence-electron chi connectivity index (χ0n) is 19.2. The van der Waals surface area contributed by atoms with Gasteiger partial charge in [-0.25, -0.2) is 19.1 Å². The molecule has 0 aromatic carbocycles. The van der Waals surface area contributed by atoms with Gasteiger partial charge in [-0.05, 0) is 53.7 Å². The van der Waals surface area contributed by atoms with E-state index in [0.717, 1.165) is 0 Å². The van der Waals surface area contributed by atoms with Gasteiger partial charge >= 0.3 is 12.2 Å². The van der Waals surface area contributed by atoms with Crippen molar-refractivity contribution in [3.8, 4) is 0 Å². The molecule has 33 heavy (non-hydrogen) atoms. The summed E-state index contributed by atoms with van der Waals surface area (Å²) in [6.45, 7) is 10.2. The van der Waals surface area contributed by atoms with Gasteiger partial charge in [0.15, 0.2) is 17.5 Å². The molecule has 1 saturated heterocycles. The summed E-state index contributed by atoms with van der Waals surface area (Å²) >= 11 is 0. The Morgan fingerprint density at radius 2 is 2.00 bits per heavy atom. The molecule has 0 radical (unpaired) electrons. The molecule has 180 valence electrons. The van der Waals surface area contributed by atoms with Crippen molar-refractivity contribution in [2.75, 3.05) is 5.32 Å². The first-order valence-electron chi connectivity index (χ1n) is 10.6. The molecule has 2 aliphatic rings. The quantitative estimate of drug-likeness (QED) is 0.570.